The van der Waals surface area contributed by atoms with Crippen LogP contribution in [0.4, 0.5) is 0 Å². The monoisotopic (exact) mass is 339 g/mol. The average Bonchev–Trinajstić information content (AvgIpc) is 2.49. The number of ether oxygens (including phenoxy) is 1. The Morgan fingerprint density at radius 2 is 1.65 bits per heavy atom. The van der Waals surface area contributed by atoms with Gasteiger partial charge in [-0.3, -0.25) is 0 Å². The molecule has 0 heterocycles. The fraction of sp³-hybridized carbons (Fsp3) is 0.588. The molecule has 128 valence electrons. The minimum atomic E-state index is -3.37. The number of esters is 1. The van der Waals surface area contributed by atoms with Crippen LogP contribution in [-0.2, 0) is 20.5 Å². The summed E-state index contributed by atoms with van der Waals surface area (Å²) in [5.74, 6) is -0.489. The summed E-state index contributed by atoms with van der Waals surface area (Å²) in [7, 11) is -2.05. The second-order valence-electron chi connectivity index (χ2n) is 6.11. The molecule has 0 spiro atoms. The highest BCUT2D eigenvalue weighted by Crippen LogP contribution is 2.18. The number of hydrogen-bond acceptors (Lipinski definition) is 4. The molecule has 0 bridgehead atoms. The Hall–Kier alpha value is -1.40. The Morgan fingerprint density at radius 1 is 1.09 bits per heavy atom. The lowest BCUT2D eigenvalue weighted by molar-refractivity contribution is 0.0600. The lowest BCUT2D eigenvalue weighted by atomic mass is 9.97. The first-order chi connectivity index (χ1) is 11.0. The van der Waals surface area contributed by atoms with E-state index in [0.29, 0.717) is 11.1 Å². The quantitative estimate of drug-likeness (QED) is 0.837. The van der Waals surface area contributed by atoms with Gasteiger partial charge in [-0.25, -0.2) is 17.9 Å². The molecule has 1 aromatic rings. The number of methoxy groups -OCH3 is 1. The SMILES string of the molecule is COC(=O)c1ccc(CS(=O)(=O)NC2CCCCCCC2)cc1. The third-order valence-electron chi connectivity index (χ3n) is 4.18. The Morgan fingerprint density at radius 3 is 2.22 bits per heavy atom. The lowest BCUT2D eigenvalue weighted by Crippen LogP contribution is -2.36. The van der Waals surface area contributed by atoms with Crippen LogP contribution in [0.3, 0.4) is 0 Å². The molecular formula is C17H25NO4S. The van der Waals surface area contributed by atoms with Gasteiger partial charge in [-0.05, 0) is 30.5 Å². The molecule has 1 saturated carbocycles. The molecule has 23 heavy (non-hydrogen) atoms. The molecule has 0 atom stereocenters. The van der Waals surface area contributed by atoms with Crippen LogP contribution >= 0.6 is 0 Å². The van der Waals surface area contributed by atoms with Crippen molar-refractivity contribution in [2.24, 2.45) is 0 Å². The minimum absolute atomic E-state index is 0.0506. The van der Waals surface area contributed by atoms with Crippen molar-refractivity contribution in [3.8, 4) is 0 Å². The number of hydrogen-bond donors (Lipinski definition) is 1. The molecule has 1 aliphatic carbocycles. The maximum atomic E-state index is 12.3. The van der Waals surface area contributed by atoms with Crippen molar-refractivity contribution < 1.29 is 17.9 Å². The van der Waals surface area contributed by atoms with Gasteiger partial charge in [0.1, 0.15) is 0 Å². The van der Waals surface area contributed by atoms with Crippen molar-refractivity contribution in [3.63, 3.8) is 0 Å². The van der Waals surface area contributed by atoms with Gasteiger partial charge in [-0.1, -0.05) is 44.2 Å². The largest absolute Gasteiger partial charge is 0.465 e. The molecule has 0 unspecified atom stereocenters. The number of sulfonamides is 1. The lowest BCUT2D eigenvalue weighted by Gasteiger charge is -2.21. The summed E-state index contributed by atoms with van der Waals surface area (Å²) in [5.41, 5.74) is 1.08. The van der Waals surface area contributed by atoms with Crippen LogP contribution in [-0.4, -0.2) is 27.5 Å². The zero-order chi connectivity index (χ0) is 16.7. The molecule has 1 aromatic carbocycles. The van der Waals surface area contributed by atoms with Crippen LogP contribution in [0.2, 0.25) is 0 Å². The van der Waals surface area contributed by atoms with E-state index < -0.39 is 16.0 Å². The summed E-state index contributed by atoms with van der Waals surface area (Å²) in [4.78, 5) is 11.4. The van der Waals surface area contributed by atoms with E-state index in [9.17, 15) is 13.2 Å². The normalized spacial score (nSPS) is 17.3. The molecule has 0 saturated heterocycles. The fourth-order valence-corrected chi connectivity index (χ4v) is 4.40. The number of carbonyl (C=O) groups is 1. The van der Waals surface area contributed by atoms with Crippen molar-refractivity contribution in [1.82, 2.24) is 4.72 Å². The van der Waals surface area contributed by atoms with Crippen molar-refractivity contribution >= 4 is 16.0 Å². The Kier molecular flexibility index (Phi) is 6.59. The predicted octanol–water partition coefficient (Wildman–Crippen LogP) is 3.01. The van der Waals surface area contributed by atoms with Gasteiger partial charge in [-0.2, -0.15) is 0 Å². The van der Waals surface area contributed by atoms with E-state index >= 15 is 0 Å². The van der Waals surface area contributed by atoms with E-state index in [1.165, 1.54) is 26.4 Å². The average molecular weight is 339 g/mol. The molecule has 5 nitrogen and oxygen atoms in total. The highest BCUT2D eigenvalue weighted by atomic mass is 32.2. The van der Waals surface area contributed by atoms with Crippen LogP contribution < -0.4 is 4.72 Å². The zero-order valence-electron chi connectivity index (χ0n) is 13.6. The summed E-state index contributed by atoms with van der Waals surface area (Å²) in [5, 5.41) is 0. The first-order valence-corrected chi connectivity index (χ1v) is 9.82. The van der Waals surface area contributed by atoms with Gasteiger partial charge >= 0.3 is 5.97 Å². The Balaban J connectivity index is 1.95. The Bertz CT molecular complexity index is 602. The summed E-state index contributed by atoms with van der Waals surface area (Å²) < 4.78 is 32.1. The molecule has 2 rings (SSSR count). The number of nitrogens with one attached hydrogen (secondary N) is 1. The number of rotatable bonds is 5. The molecule has 6 heteroatoms. The molecule has 0 radical (unpaired) electrons. The van der Waals surface area contributed by atoms with Gasteiger partial charge in [0.25, 0.3) is 0 Å². The van der Waals surface area contributed by atoms with Crippen molar-refractivity contribution in [2.45, 2.75) is 56.7 Å². The summed E-state index contributed by atoms with van der Waals surface area (Å²) >= 11 is 0. The smallest absolute Gasteiger partial charge is 0.337 e. The molecule has 1 fully saturated rings. The van der Waals surface area contributed by atoms with E-state index in [1.807, 2.05) is 0 Å². The standard InChI is InChI=1S/C17H25NO4S/c1-22-17(19)15-11-9-14(10-12-15)13-23(20,21)18-16-7-5-3-2-4-6-8-16/h9-12,16,18H,2-8,13H2,1H3. The maximum Gasteiger partial charge on any atom is 0.337 e. The van der Waals surface area contributed by atoms with E-state index in [2.05, 4.69) is 9.46 Å². The van der Waals surface area contributed by atoms with Gasteiger partial charge in [0.05, 0.1) is 18.4 Å². The van der Waals surface area contributed by atoms with Crippen molar-refractivity contribution in [3.05, 3.63) is 35.4 Å². The van der Waals surface area contributed by atoms with Crippen molar-refractivity contribution in [2.75, 3.05) is 7.11 Å². The van der Waals surface area contributed by atoms with Crippen LogP contribution in [0, 0.1) is 0 Å². The van der Waals surface area contributed by atoms with Gasteiger partial charge < -0.3 is 4.74 Å². The van der Waals surface area contributed by atoms with Gasteiger partial charge in [0.15, 0.2) is 0 Å². The highest BCUT2D eigenvalue weighted by Gasteiger charge is 2.19. The topological polar surface area (TPSA) is 72.5 Å². The summed E-state index contributed by atoms with van der Waals surface area (Å²) in [6.45, 7) is 0. The second kappa shape index (κ2) is 8.45. The Labute approximate surface area is 138 Å². The third kappa shape index (κ3) is 5.95. The van der Waals surface area contributed by atoms with Crippen molar-refractivity contribution in [1.29, 1.82) is 0 Å². The van der Waals surface area contributed by atoms with Crippen LogP contribution in [0.5, 0.6) is 0 Å². The fourth-order valence-electron chi connectivity index (χ4n) is 2.94. The summed E-state index contributed by atoms with van der Waals surface area (Å²) in [6.07, 6.45) is 7.63. The first kappa shape index (κ1) is 17.9. The molecule has 0 aromatic heterocycles. The number of benzene rings is 1. The molecule has 1 aliphatic rings. The van der Waals surface area contributed by atoms with Gasteiger partial charge in [0.2, 0.25) is 10.0 Å². The molecule has 0 aliphatic heterocycles. The first-order valence-electron chi connectivity index (χ1n) is 8.17. The van der Waals surface area contributed by atoms with E-state index in [0.717, 1.165) is 25.7 Å². The second-order valence-corrected chi connectivity index (χ2v) is 7.86. The van der Waals surface area contributed by atoms with Crippen LogP contribution in [0.15, 0.2) is 24.3 Å². The third-order valence-corrected chi connectivity index (χ3v) is 5.59. The van der Waals surface area contributed by atoms with Gasteiger partial charge in [0, 0.05) is 6.04 Å². The number of carbonyl (C=O) groups excluding carboxylic acids is 1. The molecule has 1 N–H and O–H groups in total. The minimum Gasteiger partial charge on any atom is -0.465 e. The van der Waals surface area contributed by atoms with E-state index in [1.54, 1.807) is 24.3 Å². The molecule has 0 amide bonds. The summed E-state index contributed by atoms with van der Waals surface area (Å²) in [6, 6.07) is 6.54. The van der Waals surface area contributed by atoms with E-state index in [4.69, 9.17) is 0 Å². The zero-order valence-corrected chi connectivity index (χ0v) is 14.4. The van der Waals surface area contributed by atoms with E-state index in [-0.39, 0.29) is 11.8 Å². The van der Waals surface area contributed by atoms with Crippen LogP contribution in [0.25, 0.3) is 0 Å². The highest BCUT2D eigenvalue weighted by molar-refractivity contribution is 7.88. The predicted molar refractivity (Wildman–Crippen MR) is 89.6 cm³/mol. The maximum absolute atomic E-state index is 12.3. The molecular weight excluding hydrogens is 314 g/mol. The van der Waals surface area contributed by atoms with Crippen LogP contribution in [0.1, 0.15) is 60.9 Å². The van der Waals surface area contributed by atoms with Gasteiger partial charge in [-0.15, -0.1) is 0 Å².